The maximum Gasteiger partial charge on any atom is 0.295 e. The van der Waals surface area contributed by atoms with E-state index in [1.807, 2.05) is 0 Å². The monoisotopic (exact) mass is 284 g/mol. The van der Waals surface area contributed by atoms with Gasteiger partial charge in [0.25, 0.3) is 10.8 Å². The fourth-order valence-corrected chi connectivity index (χ4v) is 1.96. The van der Waals surface area contributed by atoms with Crippen LogP contribution in [0.5, 0.6) is 11.5 Å². The molecule has 0 radical (unpaired) electrons. The second kappa shape index (κ2) is 5.59. The molecular weight excluding hydrogens is 272 g/mol. The summed E-state index contributed by atoms with van der Waals surface area (Å²) in [5.74, 6) is 0.574. The molecule has 1 aromatic rings. The summed E-state index contributed by atoms with van der Waals surface area (Å²) in [6.45, 7) is 2.25. The van der Waals surface area contributed by atoms with Crippen LogP contribution >= 0.6 is 0 Å². The van der Waals surface area contributed by atoms with E-state index in [1.54, 1.807) is 6.92 Å². The summed E-state index contributed by atoms with van der Waals surface area (Å²) in [6.07, 6.45) is -0.817. The molecular formula is C11H12N2O7. The van der Waals surface area contributed by atoms with Gasteiger partial charge in [-0.3, -0.25) is 10.1 Å². The van der Waals surface area contributed by atoms with Crippen LogP contribution in [0.15, 0.2) is 12.1 Å². The number of nitro benzene ring substituents is 1. The Kier molecular flexibility index (Phi) is 3.87. The van der Waals surface area contributed by atoms with Crippen LogP contribution in [-0.4, -0.2) is 23.2 Å². The predicted molar refractivity (Wildman–Crippen MR) is 65.2 cm³/mol. The smallest absolute Gasteiger partial charge is 0.295 e. The van der Waals surface area contributed by atoms with Crippen LogP contribution in [0.4, 0.5) is 5.69 Å². The molecule has 0 spiro atoms. The molecule has 0 unspecified atom stereocenters. The summed E-state index contributed by atoms with van der Waals surface area (Å²) >= 11 is 0. The van der Waals surface area contributed by atoms with Crippen molar-refractivity contribution in [2.24, 2.45) is 0 Å². The Balaban J connectivity index is 2.48. The summed E-state index contributed by atoms with van der Waals surface area (Å²) in [4.78, 5) is 25.4. The topological polar surface area (TPSA) is 114 Å². The van der Waals surface area contributed by atoms with Crippen molar-refractivity contribution < 1.29 is 24.3 Å². The lowest BCUT2D eigenvalue weighted by Gasteiger charge is -2.21. The summed E-state index contributed by atoms with van der Waals surface area (Å²) in [5.41, 5.74) is -0.193. The molecule has 108 valence electrons. The minimum Gasteiger partial charge on any atom is -0.486 e. The van der Waals surface area contributed by atoms with Gasteiger partial charge in [-0.05, 0) is 12.5 Å². The van der Waals surface area contributed by atoms with Gasteiger partial charge in [0, 0.05) is 0 Å². The standard InChI is InChI=1S/C11H12N2O7/c1-2-9(20-13(16)17)7-5-10-11(19-4-3-18-10)6-8(7)12(14)15/h5-6,9H,2-4H2,1H3/t9-/m1/s1. The predicted octanol–water partition coefficient (Wildman–Crippen LogP) is 2.03. The van der Waals surface area contributed by atoms with Gasteiger partial charge in [-0.2, -0.15) is 0 Å². The quantitative estimate of drug-likeness (QED) is 0.600. The van der Waals surface area contributed by atoms with Gasteiger partial charge in [0.1, 0.15) is 19.3 Å². The van der Waals surface area contributed by atoms with E-state index < -0.39 is 16.1 Å². The maximum absolute atomic E-state index is 11.1. The molecule has 0 aliphatic carbocycles. The highest BCUT2D eigenvalue weighted by atomic mass is 17.0. The number of hydrogen-bond donors (Lipinski definition) is 0. The minimum absolute atomic E-state index is 0.0958. The molecule has 0 aromatic heterocycles. The van der Waals surface area contributed by atoms with Gasteiger partial charge in [-0.25, -0.2) is 0 Å². The number of nitro groups is 1. The molecule has 1 aromatic carbocycles. The summed E-state index contributed by atoms with van der Waals surface area (Å²) < 4.78 is 10.6. The average Bonchev–Trinajstić information content (AvgIpc) is 2.43. The van der Waals surface area contributed by atoms with E-state index in [4.69, 9.17) is 9.47 Å². The third kappa shape index (κ3) is 2.71. The Morgan fingerprint density at radius 1 is 1.25 bits per heavy atom. The van der Waals surface area contributed by atoms with E-state index in [-0.39, 0.29) is 23.4 Å². The summed E-state index contributed by atoms with van der Waals surface area (Å²) in [7, 11) is 0. The number of fused-ring (bicyclic) bond motifs is 1. The highest BCUT2D eigenvalue weighted by Crippen LogP contribution is 2.40. The lowest BCUT2D eigenvalue weighted by Crippen LogP contribution is -2.17. The van der Waals surface area contributed by atoms with Gasteiger partial charge in [0.2, 0.25) is 0 Å². The van der Waals surface area contributed by atoms with Crippen molar-refractivity contribution in [1.29, 1.82) is 0 Å². The van der Waals surface area contributed by atoms with Crippen LogP contribution in [0.3, 0.4) is 0 Å². The average molecular weight is 284 g/mol. The molecule has 9 nitrogen and oxygen atoms in total. The van der Waals surface area contributed by atoms with Crippen molar-refractivity contribution in [1.82, 2.24) is 0 Å². The highest BCUT2D eigenvalue weighted by molar-refractivity contribution is 5.55. The molecule has 1 aliphatic heterocycles. The Morgan fingerprint density at radius 2 is 1.85 bits per heavy atom. The van der Waals surface area contributed by atoms with E-state index in [0.29, 0.717) is 19.0 Å². The molecule has 0 N–H and O–H groups in total. The normalized spacial score (nSPS) is 14.4. The zero-order chi connectivity index (χ0) is 14.7. The van der Waals surface area contributed by atoms with Crippen LogP contribution < -0.4 is 9.47 Å². The number of benzene rings is 1. The molecule has 20 heavy (non-hydrogen) atoms. The van der Waals surface area contributed by atoms with E-state index >= 15 is 0 Å². The van der Waals surface area contributed by atoms with Gasteiger partial charge in [0.05, 0.1) is 16.6 Å². The number of rotatable bonds is 5. The fraction of sp³-hybridized carbons (Fsp3) is 0.455. The largest absolute Gasteiger partial charge is 0.486 e. The van der Waals surface area contributed by atoms with Crippen LogP contribution in [0.25, 0.3) is 0 Å². The first-order valence-electron chi connectivity index (χ1n) is 5.92. The Bertz CT molecular complexity index is 546. The van der Waals surface area contributed by atoms with E-state index in [1.165, 1.54) is 12.1 Å². The fourth-order valence-electron chi connectivity index (χ4n) is 1.96. The van der Waals surface area contributed by atoms with Crippen LogP contribution in [0.2, 0.25) is 0 Å². The SMILES string of the molecule is CC[C@@H](O[N+](=O)[O-])c1cc2c(cc1[N+](=O)[O-])OCCO2. The number of nitrogens with zero attached hydrogens (tertiary/aromatic N) is 2. The molecule has 0 fully saturated rings. The van der Waals surface area contributed by atoms with Crippen molar-refractivity contribution in [2.45, 2.75) is 19.4 Å². The first-order valence-corrected chi connectivity index (χ1v) is 5.92. The molecule has 0 saturated carbocycles. The van der Waals surface area contributed by atoms with E-state index in [2.05, 4.69) is 4.84 Å². The van der Waals surface area contributed by atoms with Gasteiger partial charge < -0.3 is 14.3 Å². The zero-order valence-electron chi connectivity index (χ0n) is 10.6. The third-order valence-electron chi connectivity index (χ3n) is 2.82. The molecule has 2 rings (SSSR count). The Hall–Kier alpha value is -2.58. The van der Waals surface area contributed by atoms with Gasteiger partial charge in [0.15, 0.2) is 11.5 Å². The lowest BCUT2D eigenvalue weighted by molar-refractivity contribution is -0.771. The molecule has 1 heterocycles. The van der Waals surface area contributed by atoms with Crippen molar-refractivity contribution in [2.75, 3.05) is 13.2 Å². The molecule has 1 aliphatic rings. The van der Waals surface area contributed by atoms with Crippen LogP contribution in [0, 0.1) is 20.2 Å². The van der Waals surface area contributed by atoms with Gasteiger partial charge >= 0.3 is 0 Å². The van der Waals surface area contributed by atoms with Crippen molar-refractivity contribution in [3.05, 3.63) is 37.9 Å². The summed E-state index contributed by atoms with van der Waals surface area (Å²) in [5, 5.41) is 20.6. The molecule has 9 heteroatoms. The first-order chi connectivity index (χ1) is 9.52. The molecule has 0 bridgehead atoms. The Morgan fingerprint density at radius 3 is 2.35 bits per heavy atom. The second-order valence-corrected chi connectivity index (χ2v) is 4.04. The van der Waals surface area contributed by atoms with E-state index in [9.17, 15) is 20.2 Å². The highest BCUT2D eigenvalue weighted by Gasteiger charge is 2.28. The maximum atomic E-state index is 11.1. The third-order valence-corrected chi connectivity index (χ3v) is 2.82. The molecule has 0 saturated heterocycles. The second-order valence-electron chi connectivity index (χ2n) is 4.04. The van der Waals surface area contributed by atoms with E-state index in [0.717, 1.165) is 0 Å². The molecule has 1 atom stereocenters. The van der Waals surface area contributed by atoms with Crippen molar-refractivity contribution in [3.8, 4) is 11.5 Å². The Labute approximate surface area is 113 Å². The number of ether oxygens (including phenoxy) is 2. The molecule has 0 amide bonds. The lowest BCUT2D eigenvalue weighted by atomic mass is 10.0. The first kappa shape index (κ1) is 13.8. The minimum atomic E-state index is -1.03. The van der Waals surface area contributed by atoms with Gasteiger partial charge in [-0.15, -0.1) is 10.1 Å². The zero-order valence-corrected chi connectivity index (χ0v) is 10.6. The van der Waals surface area contributed by atoms with Crippen molar-refractivity contribution >= 4 is 5.69 Å². The van der Waals surface area contributed by atoms with Crippen LogP contribution in [0.1, 0.15) is 25.0 Å². The number of hydrogen-bond acceptors (Lipinski definition) is 7. The summed E-state index contributed by atoms with van der Waals surface area (Å²) in [6, 6.07) is 2.57. The van der Waals surface area contributed by atoms with Gasteiger partial charge in [-0.1, -0.05) is 6.92 Å². The van der Waals surface area contributed by atoms with Crippen molar-refractivity contribution in [3.63, 3.8) is 0 Å². The van der Waals surface area contributed by atoms with Crippen LogP contribution in [-0.2, 0) is 4.84 Å².